The molecule has 1 aromatic heterocycles. The largest absolute Gasteiger partial charge is 0.384 e. The average Bonchev–Trinajstić information content (AvgIpc) is 3.31. The van der Waals surface area contributed by atoms with Gasteiger partial charge in [0.2, 0.25) is 0 Å². The number of rotatable bonds is 4. The molecular weight excluding hydrogens is 364 g/mol. The molecule has 0 spiro atoms. The number of hydrogen-bond acceptors (Lipinski definition) is 6. The Morgan fingerprint density at radius 2 is 2.21 bits per heavy atom. The van der Waals surface area contributed by atoms with E-state index in [1.54, 1.807) is 9.80 Å². The molecule has 1 amide bonds. The maximum Gasteiger partial charge on any atom is 0.253 e. The number of nitrogens with zero attached hydrogens (tertiary/aromatic N) is 5. The lowest BCUT2D eigenvalue weighted by molar-refractivity contribution is 0.0739. The third-order valence-electron chi connectivity index (χ3n) is 6.25. The number of likely N-dealkylation sites (tertiary alicyclic amines) is 1. The zero-order chi connectivity index (χ0) is 20.0. The van der Waals surface area contributed by atoms with Gasteiger partial charge in [0, 0.05) is 61.3 Å². The number of carbonyl (C=O) groups is 1. The Morgan fingerprint density at radius 3 is 2.97 bits per heavy atom. The van der Waals surface area contributed by atoms with Crippen LogP contribution >= 0.6 is 0 Å². The van der Waals surface area contributed by atoms with Gasteiger partial charge in [-0.2, -0.15) is 5.26 Å². The standard InChI is InChI=1S/C22H24N6O/c1-27(17-6-9-28(12-17)13-23)22(29)16-10-15-4-7-24-20(15)18(11-16)21-25-8-5-19(26-21)14-2-3-14/h5,8,10-11,14,17,24H,2-4,6-7,9,12H2,1H3/t17-/m1/s1. The molecule has 7 heteroatoms. The van der Waals surface area contributed by atoms with Gasteiger partial charge in [-0.05, 0) is 49.4 Å². The first-order chi connectivity index (χ1) is 14.1. The number of amides is 1. The minimum Gasteiger partial charge on any atom is -0.384 e. The molecule has 7 nitrogen and oxygen atoms in total. The molecule has 2 aromatic rings. The second-order valence-corrected chi connectivity index (χ2v) is 8.22. The van der Waals surface area contributed by atoms with Crippen molar-refractivity contribution in [2.24, 2.45) is 0 Å². The molecule has 0 unspecified atom stereocenters. The van der Waals surface area contributed by atoms with Crippen molar-refractivity contribution >= 4 is 11.6 Å². The van der Waals surface area contributed by atoms with Crippen LogP contribution in [0.4, 0.5) is 5.69 Å². The van der Waals surface area contributed by atoms with E-state index in [1.807, 2.05) is 31.4 Å². The van der Waals surface area contributed by atoms with Crippen molar-refractivity contribution in [3.05, 3.63) is 41.2 Å². The first-order valence-corrected chi connectivity index (χ1v) is 10.3. The monoisotopic (exact) mass is 388 g/mol. The van der Waals surface area contributed by atoms with Crippen molar-refractivity contribution < 1.29 is 4.79 Å². The third kappa shape index (κ3) is 3.29. The predicted molar refractivity (Wildman–Crippen MR) is 109 cm³/mol. The normalized spacial score (nSPS) is 20.1. The van der Waals surface area contributed by atoms with Crippen molar-refractivity contribution in [2.75, 3.05) is 32.0 Å². The number of nitrogens with one attached hydrogen (secondary N) is 1. The van der Waals surface area contributed by atoms with Gasteiger partial charge in [0.15, 0.2) is 12.0 Å². The highest BCUT2D eigenvalue weighted by molar-refractivity contribution is 5.97. The number of carbonyl (C=O) groups excluding carboxylic acids is 1. The molecule has 2 aliphatic heterocycles. The van der Waals surface area contributed by atoms with E-state index >= 15 is 0 Å². The molecule has 2 fully saturated rings. The molecular formula is C22H24N6O. The Balaban J connectivity index is 1.49. The molecule has 1 atom stereocenters. The summed E-state index contributed by atoms with van der Waals surface area (Å²) < 4.78 is 0. The summed E-state index contributed by atoms with van der Waals surface area (Å²) in [7, 11) is 1.84. The first-order valence-electron chi connectivity index (χ1n) is 10.3. The van der Waals surface area contributed by atoms with Crippen molar-refractivity contribution in [3.8, 4) is 17.6 Å². The Bertz CT molecular complexity index is 1010. The van der Waals surface area contributed by atoms with E-state index in [-0.39, 0.29) is 11.9 Å². The fraction of sp³-hybridized carbons (Fsp3) is 0.455. The molecule has 148 valence electrons. The van der Waals surface area contributed by atoms with Gasteiger partial charge in [0.1, 0.15) is 0 Å². The third-order valence-corrected chi connectivity index (χ3v) is 6.25. The number of anilines is 1. The van der Waals surface area contributed by atoms with Gasteiger partial charge in [-0.25, -0.2) is 9.97 Å². The fourth-order valence-electron chi connectivity index (χ4n) is 4.36. The predicted octanol–water partition coefficient (Wildman–Crippen LogP) is 2.62. The summed E-state index contributed by atoms with van der Waals surface area (Å²) in [6, 6.07) is 5.99. The van der Waals surface area contributed by atoms with Crippen LogP contribution in [0.5, 0.6) is 0 Å². The second-order valence-electron chi connectivity index (χ2n) is 8.22. The maximum atomic E-state index is 13.3. The smallest absolute Gasteiger partial charge is 0.253 e. The molecule has 1 aliphatic carbocycles. The lowest BCUT2D eigenvalue weighted by atomic mass is 10.0. The van der Waals surface area contributed by atoms with Gasteiger partial charge in [-0.1, -0.05) is 0 Å². The molecule has 1 N–H and O–H groups in total. The zero-order valence-corrected chi connectivity index (χ0v) is 16.6. The van der Waals surface area contributed by atoms with Gasteiger partial charge in [-0.15, -0.1) is 0 Å². The quantitative estimate of drug-likeness (QED) is 0.811. The molecule has 3 aliphatic rings. The van der Waals surface area contributed by atoms with Gasteiger partial charge in [0.05, 0.1) is 6.04 Å². The molecule has 0 bridgehead atoms. The van der Waals surface area contributed by atoms with Crippen LogP contribution in [0.25, 0.3) is 11.4 Å². The van der Waals surface area contributed by atoms with Crippen molar-refractivity contribution in [2.45, 2.75) is 37.6 Å². The van der Waals surface area contributed by atoms with Crippen LogP contribution < -0.4 is 5.32 Å². The number of aromatic nitrogens is 2. The van der Waals surface area contributed by atoms with E-state index in [9.17, 15) is 4.79 Å². The minimum atomic E-state index is -0.0101. The van der Waals surface area contributed by atoms with E-state index < -0.39 is 0 Å². The highest BCUT2D eigenvalue weighted by Crippen LogP contribution is 2.40. The topological polar surface area (TPSA) is 85.2 Å². The van der Waals surface area contributed by atoms with Crippen LogP contribution in [-0.2, 0) is 6.42 Å². The van der Waals surface area contributed by atoms with Crippen LogP contribution in [0.2, 0.25) is 0 Å². The van der Waals surface area contributed by atoms with Crippen LogP contribution in [-0.4, -0.2) is 58.4 Å². The summed E-state index contributed by atoms with van der Waals surface area (Å²) in [4.78, 5) is 26.1. The summed E-state index contributed by atoms with van der Waals surface area (Å²) in [5.74, 6) is 1.23. The van der Waals surface area contributed by atoms with Crippen LogP contribution in [0, 0.1) is 11.5 Å². The summed E-state index contributed by atoms with van der Waals surface area (Å²) in [5, 5.41) is 12.6. The van der Waals surface area contributed by atoms with Gasteiger partial charge < -0.3 is 15.1 Å². The average molecular weight is 388 g/mol. The van der Waals surface area contributed by atoms with Gasteiger partial charge in [-0.3, -0.25) is 4.79 Å². The summed E-state index contributed by atoms with van der Waals surface area (Å²) >= 11 is 0. The Hall–Kier alpha value is -3.14. The fourth-order valence-corrected chi connectivity index (χ4v) is 4.36. The Morgan fingerprint density at radius 1 is 1.34 bits per heavy atom. The summed E-state index contributed by atoms with van der Waals surface area (Å²) in [5.41, 5.74) is 4.86. The molecule has 3 heterocycles. The molecule has 29 heavy (non-hydrogen) atoms. The molecule has 5 rings (SSSR count). The molecule has 1 saturated carbocycles. The van der Waals surface area contributed by atoms with Crippen molar-refractivity contribution in [3.63, 3.8) is 0 Å². The summed E-state index contributed by atoms with van der Waals surface area (Å²) in [6.45, 7) is 2.17. The van der Waals surface area contributed by atoms with Gasteiger partial charge in [0.25, 0.3) is 5.91 Å². The first kappa shape index (κ1) is 17.9. The molecule has 0 radical (unpaired) electrons. The summed E-state index contributed by atoms with van der Waals surface area (Å²) in [6.07, 6.45) is 8.10. The highest BCUT2D eigenvalue weighted by Gasteiger charge is 2.30. The lowest BCUT2D eigenvalue weighted by Gasteiger charge is -2.24. The second kappa shape index (κ2) is 7.03. The Kier molecular flexibility index (Phi) is 4.35. The maximum absolute atomic E-state index is 13.3. The number of likely N-dealkylation sites (N-methyl/N-ethyl adjacent to an activating group) is 1. The van der Waals surface area contributed by atoms with Crippen LogP contribution in [0.15, 0.2) is 24.4 Å². The molecule has 1 aromatic carbocycles. The van der Waals surface area contributed by atoms with Gasteiger partial charge >= 0.3 is 0 Å². The van der Waals surface area contributed by atoms with E-state index in [0.29, 0.717) is 30.4 Å². The number of benzene rings is 1. The van der Waals surface area contributed by atoms with Crippen molar-refractivity contribution in [1.29, 1.82) is 5.26 Å². The lowest BCUT2D eigenvalue weighted by Crippen LogP contribution is -2.38. The van der Waals surface area contributed by atoms with Crippen LogP contribution in [0.3, 0.4) is 0 Å². The van der Waals surface area contributed by atoms with E-state index in [1.165, 1.54) is 12.8 Å². The van der Waals surface area contributed by atoms with E-state index in [4.69, 9.17) is 10.2 Å². The number of hydrogen-bond donors (Lipinski definition) is 1. The SMILES string of the molecule is CN(C(=O)c1cc2c(c(-c3nccc(C4CC4)n3)c1)NCC2)[C@@H]1CCN(C#N)C1. The molecule has 1 saturated heterocycles. The van der Waals surface area contributed by atoms with E-state index in [2.05, 4.69) is 16.5 Å². The Labute approximate surface area is 170 Å². The number of nitriles is 1. The minimum absolute atomic E-state index is 0.0101. The van der Waals surface area contributed by atoms with Crippen molar-refractivity contribution in [1.82, 2.24) is 19.8 Å². The van der Waals surface area contributed by atoms with Crippen LogP contribution in [0.1, 0.15) is 46.8 Å². The van der Waals surface area contributed by atoms with E-state index in [0.717, 1.165) is 41.9 Å². The highest BCUT2D eigenvalue weighted by atomic mass is 16.2. The zero-order valence-electron chi connectivity index (χ0n) is 16.6. The number of fused-ring (bicyclic) bond motifs is 1.